The Morgan fingerprint density at radius 2 is 1.84 bits per heavy atom. The lowest BCUT2D eigenvalue weighted by Gasteiger charge is -2.36. The number of fused-ring (bicyclic) bond motifs is 1. The molecule has 2 fully saturated rings. The van der Waals surface area contributed by atoms with Gasteiger partial charge in [-0.25, -0.2) is 13.2 Å². The topological polar surface area (TPSA) is 94.3 Å². The van der Waals surface area contributed by atoms with Gasteiger partial charge in [0.15, 0.2) is 0 Å². The third kappa shape index (κ3) is 5.37. The van der Waals surface area contributed by atoms with Crippen LogP contribution in [-0.2, 0) is 15.0 Å². The molecule has 1 aliphatic heterocycles. The third-order valence-electron chi connectivity index (χ3n) is 7.15. The van der Waals surface area contributed by atoms with E-state index in [1.807, 2.05) is 0 Å². The number of H-pyrrole nitrogens is 1. The number of carbonyl (C=O) groups excluding carboxylic acids is 1. The number of halogens is 3. The summed E-state index contributed by atoms with van der Waals surface area (Å²) in [7, 11) is -2.09. The summed E-state index contributed by atoms with van der Waals surface area (Å²) in [6, 6.07) is 8.00. The van der Waals surface area contributed by atoms with Gasteiger partial charge in [-0.2, -0.15) is 13.1 Å². The molecule has 11 heteroatoms. The van der Waals surface area contributed by atoms with E-state index in [2.05, 4.69) is 14.4 Å². The van der Waals surface area contributed by atoms with Gasteiger partial charge in [0.2, 0.25) is 5.91 Å². The number of hydrogen-bond donors (Lipinski definition) is 3. The number of carbonyl (C=O) groups is 1. The van der Waals surface area contributed by atoms with Crippen LogP contribution in [0.2, 0.25) is 0 Å². The first-order chi connectivity index (χ1) is 17.6. The molecular formula is C26H27F3N4O3S. The van der Waals surface area contributed by atoms with Crippen LogP contribution in [0.3, 0.4) is 0 Å². The van der Waals surface area contributed by atoms with E-state index in [0.29, 0.717) is 35.2 Å². The summed E-state index contributed by atoms with van der Waals surface area (Å²) in [6.45, 7) is 0.628. The Labute approximate surface area is 212 Å². The third-order valence-corrected chi connectivity index (χ3v) is 8.16. The molecular weight excluding hydrogens is 505 g/mol. The second-order valence-electron chi connectivity index (χ2n) is 9.80. The maximum Gasteiger partial charge on any atom is 0.298 e. The van der Waals surface area contributed by atoms with E-state index in [1.54, 1.807) is 19.2 Å². The van der Waals surface area contributed by atoms with Crippen LogP contribution >= 0.6 is 0 Å². The summed E-state index contributed by atoms with van der Waals surface area (Å²) in [5.41, 5.74) is 3.02. The minimum Gasteiger partial charge on any atom is -0.352 e. The van der Waals surface area contributed by atoms with Crippen LogP contribution in [0, 0.1) is 23.4 Å². The summed E-state index contributed by atoms with van der Waals surface area (Å²) >= 11 is 0. The van der Waals surface area contributed by atoms with Gasteiger partial charge in [-0.1, -0.05) is 0 Å². The van der Waals surface area contributed by atoms with Gasteiger partial charge in [0, 0.05) is 37.8 Å². The van der Waals surface area contributed by atoms with Crippen LogP contribution in [-0.4, -0.2) is 44.3 Å². The number of likely N-dealkylation sites (N-methyl/N-ethyl adjacent to an activating group) is 1. The zero-order valence-corrected chi connectivity index (χ0v) is 21.0. The van der Waals surface area contributed by atoms with Gasteiger partial charge in [0.25, 0.3) is 10.2 Å². The molecule has 196 valence electrons. The van der Waals surface area contributed by atoms with Crippen molar-refractivity contribution < 1.29 is 26.4 Å². The minimum absolute atomic E-state index is 0.0244. The molecule has 3 N–H and O–H groups in total. The number of nitrogens with zero attached hydrogens (tertiary/aromatic N) is 1. The van der Waals surface area contributed by atoms with Crippen molar-refractivity contribution in [2.24, 2.45) is 5.92 Å². The van der Waals surface area contributed by atoms with Crippen LogP contribution in [0.25, 0.3) is 22.2 Å². The van der Waals surface area contributed by atoms with Gasteiger partial charge in [0.1, 0.15) is 17.5 Å². The number of hydrogen-bond acceptors (Lipinski definition) is 3. The summed E-state index contributed by atoms with van der Waals surface area (Å²) in [6.07, 6.45) is 3.62. The molecule has 1 aliphatic carbocycles. The highest BCUT2D eigenvalue weighted by molar-refractivity contribution is 7.87. The Balaban J connectivity index is 1.23. The molecule has 3 aromatic rings. The predicted octanol–water partition coefficient (Wildman–Crippen LogP) is 4.31. The Kier molecular flexibility index (Phi) is 6.76. The highest BCUT2D eigenvalue weighted by atomic mass is 32.2. The fraction of sp³-hybridized carbons (Fsp3) is 0.346. The molecule has 37 heavy (non-hydrogen) atoms. The van der Waals surface area contributed by atoms with Gasteiger partial charge in [-0.15, -0.1) is 0 Å². The highest BCUT2D eigenvalue weighted by Gasteiger charge is 2.34. The zero-order valence-electron chi connectivity index (χ0n) is 20.2. The predicted molar refractivity (Wildman–Crippen MR) is 134 cm³/mol. The highest BCUT2D eigenvalue weighted by Crippen LogP contribution is 2.49. The summed E-state index contributed by atoms with van der Waals surface area (Å²) in [5.74, 6) is -1.54. The quantitative estimate of drug-likeness (QED) is 0.404. The number of likely N-dealkylation sites (tertiary alicyclic amines) is 1. The van der Waals surface area contributed by atoms with Gasteiger partial charge in [-0.05, 0) is 78.1 Å². The van der Waals surface area contributed by atoms with E-state index < -0.39 is 21.8 Å². The molecule has 1 saturated heterocycles. The average Bonchev–Trinajstić information content (AvgIpc) is 3.34. The van der Waals surface area contributed by atoms with E-state index >= 15 is 0 Å². The summed E-state index contributed by atoms with van der Waals surface area (Å²) in [4.78, 5) is 16.2. The van der Waals surface area contributed by atoms with Crippen molar-refractivity contribution in [1.82, 2.24) is 19.3 Å². The number of rotatable bonds is 8. The largest absolute Gasteiger partial charge is 0.352 e. The average molecular weight is 533 g/mol. The fourth-order valence-electron chi connectivity index (χ4n) is 5.19. The smallest absolute Gasteiger partial charge is 0.298 e. The number of amides is 1. The molecule has 0 radical (unpaired) electrons. The Morgan fingerprint density at radius 3 is 2.51 bits per heavy atom. The Morgan fingerprint density at radius 1 is 1.11 bits per heavy atom. The van der Waals surface area contributed by atoms with Crippen molar-refractivity contribution in [2.75, 3.05) is 20.1 Å². The van der Waals surface area contributed by atoms with Gasteiger partial charge in [-0.3, -0.25) is 9.52 Å². The molecule has 0 spiro atoms. The van der Waals surface area contributed by atoms with E-state index in [4.69, 9.17) is 0 Å². The van der Waals surface area contributed by atoms with Gasteiger partial charge in [0.05, 0.1) is 17.6 Å². The van der Waals surface area contributed by atoms with Crippen molar-refractivity contribution in [3.63, 3.8) is 0 Å². The maximum absolute atomic E-state index is 14.5. The van der Waals surface area contributed by atoms with Gasteiger partial charge >= 0.3 is 0 Å². The second-order valence-corrected chi connectivity index (χ2v) is 11.3. The van der Waals surface area contributed by atoms with Crippen LogP contribution in [0.1, 0.15) is 37.2 Å². The number of nitrogens with one attached hydrogen (secondary N) is 3. The normalized spacial score (nSPS) is 21.1. The maximum atomic E-state index is 14.5. The molecule has 0 bridgehead atoms. The fourth-order valence-corrected chi connectivity index (χ4v) is 5.98. The minimum atomic E-state index is -3.75. The monoisotopic (exact) mass is 532 g/mol. The van der Waals surface area contributed by atoms with Crippen LogP contribution in [0.5, 0.6) is 0 Å². The van der Waals surface area contributed by atoms with Crippen molar-refractivity contribution in [3.8, 4) is 11.3 Å². The second kappa shape index (κ2) is 9.86. The lowest BCUT2D eigenvalue weighted by atomic mass is 9.69. The molecule has 0 atom stereocenters. The number of benzene rings is 2. The molecule has 2 aromatic carbocycles. The SMILES string of the molecule is CN1CC(=CNS(=O)(=O)NCCC2CC(c3c(-c4ccc(F)cc4)[nH]c4c(F)cc(F)cc34)C2)CC1=O. The van der Waals surface area contributed by atoms with Crippen LogP contribution < -0.4 is 9.44 Å². The molecule has 5 rings (SSSR count). The molecule has 0 unspecified atom stereocenters. The van der Waals surface area contributed by atoms with E-state index in [0.717, 1.165) is 24.5 Å². The van der Waals surface area contributed by atoms with Crippen molar-refractivity contribution in [1.29, 1.82) is 0 Å². The number of aromatic amines is 1. The summed E-state index contributed by atoms with van der Waals surface area (Å²) < 4.78 is 71.5. The molecule has 2 aliphatic rings. The van der Waals surface area contributed by atoms with Crippen molar-refractivity contribution in [2.45, 2.75) is 31.6 Å². The summed E-state index contributed by atoms with van der Waals surface area (Å²) in [5, 5.41) is 0.467. The molecule has 1 amide bonds. The first-order valence-electron chi connectivity index (χ1n) is 12.0. The van der Waals surface area contributed by atoms with E-state index in [9.17, 15) is 26.4 Å². The van der Waals surface area contributed by atoms with E-state index in [1.165, 1.54) is 29.3 Å². The van der Waals surface area contributed by atoms with Gasteiger partial charge < -0.3 is 9.88 Å². The molecule has 7 nitrogen and oxygen atoms in total. The van der Waals surface area contributed by atoms with E-state index in [-0.39, 0.29) is 42.0 Å². The molecule has 1 aromatic heterocycles. The first-order valence-corrected chi connectivity index (χ1v) is 13.5. The molecule has 2 heterocycles. The van der Waals surface area contributed by atoms with Crippen molar-refractivity contribution in [3.05, 3.63) is 71.2 Å². The lowest BCUT2D eigenvalue weighted by molar-refractivity contribution is -0.126. The van der Waals surface area contributed by atoms with Crippen LogP contribution in [0.15, 0.2) is 48.2 Å². The first kappa shape index (κ1) is 25.3. The Hall–Kier alpha value is -3.31. The Bertz CT molecular complexity index is 1480. The van der Waals surface area contributed by atoms with Crippen LogP contribution in [0.4, 0.5) is 13.2 Å². The standard InChI is InChI=1S/C26H27F3N4O3S/c1-33-14-16(10-23(33)34)13-31-37(35,36)30-7-6-15-8-18(9-15)24-21-11-20(28)12-22(29)26(21)32-25(24)17-2-4-19(27)5-3-17/h2-5,11-13,15,18,30-32H,6-10,14H2,1H3. The lowest BCUT2D eigenvalue weighted by Crippen LogP contribution is -2.36. The molecule has 1 saturated carbocycles. The van der Waals surface area contributed by atoms with Crippen molar-refractivity contribution >= 4 is 27.0 Å². The zero-order chi connectivity index (χ0) is 26.3. The number of aromatic nitrogens is 1.